The molecular formula is C20H20N4O2S. The summed E-state index contributed by atoms with van der Waals surface area (Å²) in [4.78, 5) is 28.9. The second-order valence-corrected chi connectivity index (χ2v) is 7.40. The minimum absolute atomic E-state index is 0.107. The number of nitrogens with zero attached hydrogens (tertiary/aromatic N) is 3. The summed E-state index contributed by atoms with van der Waals surface area (Å²) in [6.45, 7) is 0.691. The summed E-state index contributed by atoms with van der Waals surface area (Å²) in [5, 5.41) is 9.85. The van der Waals surface area contributed by atoms with Gasteiger partial charge >= 0.3 is 0 Å². The number of carbonyl (C=O) groups is 1. The molecule has 0 atom stereocenters. The molecule has 4 rings (SSSR count). The summed E-state index contributed by atoms with van der Waals surface area (Å²) < 4.78 is 1.45. The van der Waals surface area contributed by atoms with Crippen LogP contribution in [0.2, 0.25) is 0 Å². The predicted molar refractivity (Wildman–Crippen MR) is 105 cm³/mol. The fourth-order valence-corrected chi connectivity index (χ4v) is 4.02. The minimum atomic E-state index is -0.237. The number of fused-ring (bicyclic) bond motifs is 1. The molecule has 7 heteroatoms. The number of hydrogen-bond donors (Lipinski definition) is 1. The SMILES string of the molecule is O=C(NCCn1nc2c(cc1=O)CCCC2)c1csc(-c2ccccc2)n1. The molecule has 0 unspecified atom stereocenters. The second kappa shape index (κ2) is 7.84. The Labute approximate surface area is 160 Å². The van der Waals surface area contributed by atoms with Crippen molar-refractivity contribution < 1.29 is 4.79 Å². The number of aryl methyl sites for hydroxylation is 2. The maximum absolute atomic E-state index is 12.3. The third kappa shape index (κ3) is 3.98. The number of aromatic nitrogens is 3. The third-order valence-electron chi connectivity index (χ3n) is 4.64. The zero-order chi connectivity index (χ0) is 18.6. The van der Waals surface area contributed by atoms with Crippen LogP contribution in [0.4, 0.5) is 0 Å². The van der Waals surface area contributed by atoms with Crippen molar-refractivity contribution in [3.63, 3.8) is 0 Å². The Balaban J connectivity index is 1.38. The number of thiazole rings is 1. The van der Waals surface area contributed by atoms with Gasteiger partial charge in [-0.05, 0) is 31.2 Å². The molecule has 0 spiro atoms. The molecule has 0 fully saturated rings. The van der Waals surface area contributed by atoms with E-state index in [1.807, 2.05) is 30.3 Å². The first-order chi connectivity index (χ1) is 13.2. The standard InChI is InChI=1S/C20H20N4O2S/c25-18-12-15-8-4-5-9-16(15)23-24(18)11-10-21-19(26)17-13-27-20(22-17)14-6-2-1-3-7-14/h1-3,6-7,12-13H,4-5,8-11H2,(H,21,26). The van der Waals surface area contributed by atoms with Crippen molar-refractivity contribution >= 4 is 17.2 Å². The molecule has 1 aromatic carbocycles. The highest BCUT2D eigenvalue weighted by molar-refractivity contribution is 7.13. The summed E-state index contributed by atoms with van der Waals surface area (Å²) in [5.74, 6) is -0.237. The van der Waals surface area contributed by atoms with E-state index in [-0.39, 0.29) is 11.5 Å². The van der Waals surface area contributed by atoms with Crippen molar-refractivity contribution in [2.45, 2.75) is 32.2 Å². The van der Waals surface area contributed by atoms with E-state index in [1.165, 1.54) is 16.0 Å². The number of hydrogen-bond acceptors (Lipinski definition) is 5. The van der Waals surface area contributed by atoms with Crippen molar-refractivity contribution in [1.82, 2.24) is 20.1 Å². The van der Waals surface area contributed by atoms with E-state index in [0.29, 0.717) is 18.8 Å². The highest BCUT2D eigenvalue weighted by atomic mass is 32.1. The number of carbonyl (C=O) groups excluding carboxylic acids is 1. The Bertz CT molecular complexity index is 1010. The van der Waals surface area contributed by atoms with Crippen molar-refractivity contribution in [2.24, 2.45) is 0 Å². The van der Waals surface area contributed by atoms with Gasteiger partial charge in [-0.15, -0.1) is 11.3 Å². The molecule has 27 heavy (non-hydrogen) atoms. The lowest BCUT2D eigenvalue weighted by molar-refractivity contribution is 0.0947. The molecule has 138 valence electrons. The Hall–Kier alpha value is -2.80. The van der Waals surface area contributed by atoms with Gasteiger partial charge in [0.15, 0.2) is 0 Å². The molecule has 6 nitrogen and oxygen atoms in total. The van der Waals surface area contributed by atoms with Crippen LogP contribution in [0.1, 0.15) is 34.6 Å². The Morgan fingerprint density at radius 2 is 2.00 bits per heavy atom. The van der Waals surface area contributed by atoms with Crippen LogP contribution in [0, 0.1) is 0 Å². The minimum Gasteiger partial charge on any atom is -0.349 e. The van der Waals surface area contributed by atoms with Crippen LogP contribution in [0.15, 0.2) is 46.6 Å². The second-order valence-electron chi connectivity index (χ2n) is 6.54. The molecule has 0 radical (unpaired) electrons. The summed E-state index contributed by atoms with van der Waals surface area (Å²) in [6.07, 6.45) is 4.08. The van der Waals surface area contributed by atoms with Crippen LogP contribution in [0.3, 0.4) is 0 Å². The van der Waals surface area contributed by atoms with Crippen molar-refractivity contribution in [1.29, 1.82) is 0 Å². The van der Waals surface area contributed by atoms with Gasteiger partial charge in [0.1, 0.15) is 10.7 Å². The van der Waals surface area contributed by atoms with Crippen molar-refractivity contribution in [3.8, 4) is 10.6 Å². The topological polar surface area (TPSA) is 76.9 Å². The van der Waals surface area contributed by atoms with Crippen LogP contribution in [-0.4, -0.2) is 27.2 Å². The average Bonchev–Trinajstić information content (AvgIpc) is 3.19. The molecule has 0 saturated carbocycles. The zero-order valence-electron chi connectivity index (χ0n) is 14.9. The van der Waals surface area contributed by atoms with E-state index in [0.717, 1.165) is 47.5 Å². The van der Waals surface area contributed by atoms with Crippen molar-refractivity contribution in [2.75, 3.05) is 6.54 Å². The lowest BCUT2D eigenvalue weighted by Gasteiger charge is -2.15. The van der Waals surface area contributed by atoms with Gasteiger partial charge in [-0.2, -0.15) is 5.10 Å². The van der Waals surface area contributed by atoms with Gasteiger partial charge in [-0.3, -0.25) is 9.59 Å². The molecule has 2 heterocycles. The van der Waals surface area contributed by atoms with E-state index in [2.05, 4.69) is 15.4 Å². The van der Waals surface area contributed by atoms with E-state index in [4.69, 9.17) is 0 Å². The fraction of sp³-hybridized carbons (Fsp3) is 0.300. The van der Waals surface area contributed by atoms with Gasteiger partial charge in [0, 0.05) is 23.6 Å². The quantitative estimate of drug-likeness (QED) is 0.738. The predicted octanol–water partition coefficient (Wildman–Crippen LogP) is 2.68. The molecular weight excluding hydrogens is 360 g/mol. The maximum atomic E-state index is 12.3. The van der Waals surface area contributed by atoms with E-state index < -0.39 is 0 Å². The summed E-state index contributed by atoms with van der Waals surface area (Å²) in [5.41, 5.74) is 3.36. The van der Waals surface area contributed by atoms with Gasteiger partial charge in [0.25, 0.3) is 11.5 Å². The average molecular weight is 380 g/mol. The van der Waals surface area contributed by atoms with Crippen LogP contribution in [-0.2, 0) is 19.4 Å². The van der Waals surface area contributed by atoms with Crippen LogP contribution < -0.4 is 10.9 Å². The van der Waals surface area contributed by atoms with Gasteiger partial charge in [-0.25, -0.2) is 9.67 Å². The van der Waals surface area contributed by atoms with Crippen LogP contribution in [0.25, 0.3) is 10.6 Å². The van der Waals surface area contributed by atoms with Gasteiger partial charge < -0.3 is 5.32 Å². The summed E-state index contributed by atoms with van der Waals surface area (Å²) >= 11 is 1.44. The first-order valence-electron chi connectivity index (χ1n) is 9.10. The molecule has 0 aliphatic heterocycles. The number of benzene rings is 1. The Morgan fingerprint density at radius 3 is 2.85 bits per heavy atom. The highest BCUT2D eigenvalue weighted by Crippen LogP contribution is 2.23. The maximum Gasteiger partial charge on any atom is 0.270 e. The van der Waals surface area contributed by atoms with Crippen LogP contribution in [0.5, 0.6) is 0 Å². The first-order valence-corrected chi connectivity index (χ1v) is 9.98. The summed E-state index contributed by atoms with van der Waals surface area (Å²) in [6, 6.07) is 11.5. The highest BCUT2D eigenvalue weighted by Gasteiger charge is 2.14. The van der Waals surface area contributed by atoms with Crippen LogP contribution >= 0.6 is 11.3 Å². The smallest absolute Gasteiger partial charge is 0.270 e. The van der Waals surface area contributed by atoms with Gasteiger partial charge in [0.2, 0.25) is 0 Å². The van der Waals surface area contributed by atoms with E-state index in [1.54, 1.807) is 11.4 Å². The molecule has 1 aliphatic rings. The molecule has 3 aromatic rings. The molecule has 0 saturated heterocycles. The molecule has 0 bridgehead atoms. The van der Waals surface area contributed by atoms with Gasteiger partial charge in [-0.1, -0.05) is 30.3 Å². The van der Waals surface area contributed by atoms with Crippen molar-refractivity contribution in [3.05, 3.63) is 69.1 Å². The Morgan fingerprint density at radius 1 is 1.19 bits per heavy atom. The lowest BCUT2D eigenvalue weighted by atomic mass is 9.97. The number of amides is 1. The molecule has 2 aromatic heterocycles. The monoisotopic (exact) mass is 380 g/mol. The number of rotatable bonds is 5. The fourth-order valence-electron chi connectivity index (χ4n) is 3.22. The third-order valence-corrected chi connectivity index (χ3v) is 5.53. The first kappa shape index (κ1) is 17.6. The zero-order valence-corrected chi connectivity index (χ0v) is 15.7. The van der Waals surface area contributed by atoms with E-state index >= 15 is 0 Å². The van der Waals surface area contributed by atoms with Gasteiger partial charge in [0.05, 0.1) is 12.2 Å². The molecule has 1 amide bonds. The Kier molecular flexibility index (Phi) is 5.11. The largest absolute Gasteiger partial charge is 0.349 e. The van der Waals surface area contributed by atoms with E-state index in [9.17, 15) is 9.59 Å². The normalized spacial score (nSPS) is 13.2. The molecule has 1 aliphatic carbocycles. The number of nitrogens with one attached hydrogen (secondary N) is 1. The lowest BCUT2D eigenvalue weighted by Crippen LogP contribution is -2.33. The summed E-state index contributed by atoms with van der Waals surface area (Å²) in [7, 11) is 0. The molecule has 1 N–H and O–H groups in total.